The summed E-state index contributed by atoms with van der Waals surface area (Å²) in [7, 11) is -2.16. The largest absolute Gasteiger partial charge is 0.462 e. The van der Waals surface area contributed by atoms with Crippen molar-refractivity contribution >= 4 is 16.0 Å². The van der Waals surface area contributed by atoms with Gasteiger partial charge in [0.15, 0.2) is 0 Å². The third-order valence-electron chi connectivity index (χ3n) is 4.34. The van der Waals surface area contributed by atoms with Crippen molar-refractivity contribution in [2.75, 3.05) is 33.4 Å². The molecule has 0 aromatic heterocycles. The Morgan fingerprint density at radius 2 is 2.16 bits per heavy atom. The molecule has 0 radical (unpaired) electrons. The molecule has 0 amide bonds. The van der Waals surface area contributed by atoms with Gasteiger partial charge in [0.05, 0.1) is 29.2 Å². The zero-order chi connectivity index (χ0) is 18.5. The highest BCUT2D eigenvalue weighted by molar-refractivity contribution is 7.89. The number of hydrogen-bond donors (Lipinski definition) is 2. The van der Waals surface area contributed by atoms with E-state index in [2.05, 4.69) is 10.0 Å². The highest BCUT2D eigenvalue weighted by Gasteiger charge is 2.35. The Morgan fingerprint density at radius 3 is 2.76 bits per heavy atom. The van der Waals surface area contributed by atoms with Crippen molar-refractivity contribution in [3.63, 3.8) is 0 Å². The average molecular weight is 370 g/mol. The number of esters is 1. The van der Waals surface area contributed by atoms with E-state index < -0.39 is 21.5 Å². The number of benzene rings is 1. The molecule has 1 heterocycles. The summed E-state index contributed by atoms with van der Waals surface area (Å²) in [5.41, 5.74) is 0.397. The summed E-state index contributed by atoms with van der Waals surface area (Å²) >= 11 is 0. The van der Waals surface area contributed by atoms with Crippen molar-refractivity contribution in [3.05, 3.63) is 29.3 Å². The molecule has 8 heteroatoms. The topological polar surface area (TPSA) is 93.7 Å². The maximum Gasteiger partial charge on any atom is 0.338 e. The van der Waals surface area contributed by atoms with Crippen molar-refractivity contribution in [1.82, 2.24) is 10.0 Å². The molecule has 2 rings (SSSR count). The Morgan fingerprint density at radius 1 is 1.40 bits per heavy atom. The molecule has 0 saturated carbocycles. The van der Waals surface area contributed by atoms with Gasteiger partial charge in [0.25, 0.3) is 0 Å². The number of nitrogens with one attached hydrogen (secondary N) is 2. The molecule has 0 aliphatic carbocycles. The van der Waals surface area contributed by atoms with E-state index in [0.29, 0.717) is 12.2 Å². The Kier molecular flexibility index (Phi) is 6.56. The SMILES string of the molecule is CCOC(=O)c1ccc(C)c(S(=O)(=O)NCC2(COC)CCCN2)c1. The molecule has 1 unspecified atom stereocenters. The first-order valence-corrected chi connectivity index (χ1v) is 9.83. The fraction of sp³-hybridized carbons (Fsp3) is 0.588. The fourth-order valence-electron chi connectivity index (χ4n) is 3.01. The number of carbonyl (C=O) groups excluding carboxylic acids is 1. The highest BCUT2D eigenvalue weighted by atomic mass is 32.2. The first-order valence-electron chi connectivity index (χ1n) is 8.35. The molecule has 1 saturated heterocycles. The van der Waals surface area contributed by atoms with Gasteiger partial charge in [-0.1, -0.05) is 6.07 Å². The number of ether oxygens (including phenoxy) is 2. The minimum Gasteiger partial charge on any atom is -0.462 e. The van der Waals surface area contributed by atoms with Gasteiger partial charge >= 0.3 is 5.97 Å². The Hall–Kier alpha value is -1.48. The molecule has 1 fully saturated rings. The van der Waals surface area contributed by atoms with E-state index in [9.17, 15) is 13.2 Å². The van der Waals surface area contributed by atoms with Crippen LogP contribution >= 0.6 is 0 Å². The minimum absolute atomic E-state index is 0.0867. The molecule has 2 N–H and O–H groups in total. The lowest BCUT2D eigenvalue weighted by molar-refractivity contribution is 0.0526. The fourth-order valence-corrected chi connectivity index (χ4v) is 4.41. The Labute approximate surface area is 149 Å². The van der Waals surface area contributed by atoms with Crippen LogP contribution in [0.15, 0.2) is 23.1 Å². The second kappa shape index (κ2) is 8.27. The Balaban J connectivity index is 2.21. The third kappa shape index (κ3) is 4.78. The molecule has 1 aromatic carbocycles. The summed E-state index contributed by atoms with van der Waals surface area (Å²) < 4.78 is 38.4. The lowest BCUT2D eigenvalue weighted by Crippen LogP contribution is -2.52. The van der Waals surface area contributed by atoms with Gasteiger partial charge in [0.2, 0.25) is 10.0 Å². The summed E-state index contributed by atoms with van der Waals surface area (Å²) in [5.74, 6) is -0.535. The lowest BCUT2D eigenvalue weighted by Gasteiger charge is -2.29. The summed E-state index contributed by atoms with van der Waals surface area (Å²) in [4.78, 5) is 12.0. The van der Waals surface area contributed by atoms with Crippen molar-refractivity contribution in [3.8, 4) is 0 Å². The summed E-state index contributed by atoms with van der Waals surface area (Å²) in [6.07, 6.45) is 1.81. The van der Waals surface area contributed by atoms with Crippen molar-refractivity contribution in [2.24, 2.45) is 0 Å². The van der Waals surface area contributed by atoms with E-state index in [1.807, 2.05) is 0 Å². The van der Waals surface area contributed by atoms with Crippen LogP contribution in [0.3, 0.4) is 0 Å². The molecule has 140 valence electrons. The molecular weight excluding hydrogens is 344 g/mol. The van der Waals surface area contributed by atoms with Crippen LogP contribution < -0.4 is 10.0 Å². The van der Waals surface area contributed by atoms with Gasteiger partial charge in [0.1, 0.15) is 0 Å². The van der Waals surface area contributed by atoms with Crippen LogP contribution in [-0.4, -0.2) is 53.3 Å². The van der Waals surface area contributed by atoms with Gasteiger partial charge in [-0.25, -0.2) is 17.9 Å². The standard InChI is InChI=1S/C17H26N2O5S/c1-4-24-16(20)14-7-6-13(2)15(10-14)25(21,22)19-11-17(12-23-3)8-5-9-18-17/h6-7,10,18-19H,4-5,8-9,11-12H2,1-3H3. The van der Waals surface area contributed by atoms with Crippen molar-refractivity contribution < 1.29 is 22.7 Å². The zero-order valence-corrected chi connectivity index (χ0v) is 15.7. The van der Waals surface area contributed by atoms with E-state index in [1.165, 1.54) is 6.07 Å². The summed E-state index contributed by atoms with van der Waals surface area (Å²) in [6.45, 7) is 5.13. The molecular formula is C17H26N2O5S. The molecule has 1 aromatic rings. The lowest BCUT2D eigenvalue weighted by atomic mass is 9.99. The second-order valence-corrected chi connectivity index (χ2v) is 8.00. The van der Waals surface area contributed by atoms with E-state index >= 15 is 0 Å². The normalized spacial score (nSPS) is 20.6. The summed E-state index contributed by atoms with van der Waals surface area (Å²) in [5, 5.41) is 3.33. The van der Waals surface area contributed by atoms with Gasteiger partial charge in [-0.15, -0.1) is 0 Å². The molecule has 1 atom stereocenters. The predicted molar refractivity (Wildman–Crippen MR) is 94.2 cm³/mol. The molecule has 1 aliphatic rings. The number of carbonyl (C=O) groups is 1. The molecule has 1 aliphatic heterocycles. The van der Waals surface area contributed by atoms with Gasteiger partial charge < -0.3 is 14.8 Å². The molecule has 7 nitrogen and oxygen atoms in total. The smallest absolute Gasteiger partial charge is 0.338 e. The van der Waals surface area contributed by atoms with Gasteiger partial charge in [-0.05, 0) is 50.9 Å². The van der Waals surface area contributed by atoms with Crippen LogP contribution in [0.5, 0.6) is 0 Å². The van der Waals surface area contributed by atoms with Crippen LogP contribution in [0.1, 0.15) is 35.7 Å². The number of methoxy groups -OCH3 is 1. The van der Waals surface area contributed by atoms with Crippen LogP contribution in [0.25, 0.3) is 0 Å². The van der Waals surface area contributed by atoms with Crippen LogP contribution in [0.2, 0.25) is 0 Å². The van der Waals surface area contributed by atoms with E-state index in [4.69, 9.17) is 9.47 Å². The van der Waals surface area contributed by atoms with Gasteiger partial charge in [-0.3, -0.25) is 0 Å². The van der Waals surface area contributed by atoms with Crippen LogP contribution in [0.4, 0.5) is 0 Å². The number of aryl methyl sites for hydroxylation is 1. The van der Waals surface area contributed by atoms with E-state index in [-0.39, 0.29) is 23.6 Å². The summed E-state index contributed by atoms with van der Waals surface area (Å²) in [6, 6.07) is 4.54. The maximum absolute atomic E-state index is 12.8. The monoisotopic (exact) mass is 370 g/mol. The Bertz CT molecular complexity index is 712. The van der Waals surface area contributed by atoms with Gasteiger partial charge in [-0.2, -0.15) is 0 Å². The van der Waals surface area contributed by atoms with E-state index in [0.717, 1.165) is 19.4 Å². The quantitative estimate of drug-likeness (QED) is 0.668. The second-order valence-electron chi connectivity index (χ2n) is 6.27. The third-order valence-corrected chi connectivity index (χ3v) is 5.89. The first kappa shape index (κ1) is 19.8. The molecule has 0 bridgehead atoms. The van der Waals surface area contributed by atoms with E-state index in [1.54, 1.807) is 33.1 Å². The number of rotatable bonds is 8. The van der Waals surface area contributed by atoms with Crippen molar-refractivity contribution in [1.29, 1.82) is 0 Å². The average Bonchev–Trinajstić information content (AvgIpc) is 3.03. The number of hydrogen-bond acceptors (Lipinski definition) is 6. The first-order chi connectivity index (χ1) is 11.8. The highest BCUT2D eigenvalue weighted by Crippen LogP contribution is 2.22. The minimum atomic E-state index is -3.76. The molecule has 0 spiro atoms. The van der Waals surface area contributed by atoms with Crippen LogP contribution in [0, 0.1) is 6.92 Å². The zero-order valence-electron chi connectivity index (χ0n) is 14.9. The van der Waals surface area contributed by atoms with Crippen molar-refractivity contribution in [2.45, 2.75) is 37.1 Å². The predicted octanol–water partition coefficient (Wildman–Crippen LogP) is 1.22. The molecule has 25 heavy (non-hydrogen) atoms. The van der Waals surface area contributed by atoms with Crippen LogP contribution in [-0.2, 0) is 19.5 Å². The van der Waals surface area contributed by atoms with Gasteiger partial charge in [0, 0.05) is 13.7 Å². The number of sulfonamides is 1. The maximum atomic E-state index is 12.8.